The van der Waals surface area contributed by atoms with Gasteiger partial charge in [0.15, 0.2) is 11.5 Å². The van der Waals surface area contributed by atoms with Gasteiger partial charge < -0.3 is 9.84 Å². The molecule has 5 nitrogen and oxygen atoms in total. The topological polar surface area (TPSA) is 70.9 Å². The van der Waals surface area contributed by atoms with Gasteiger partial charge in [-0.3, -0.25) is 4.79 Å². The van der Waals surface area contributed by atoms with Crippen LogP contribution in [0.15, 0.2) is 52.0 Å². The number of hydrazone groups is 1. The first-order valence-corrected chi connectivity index (χ1v) is 9.63. The number of thioether (sulfide) groups is 1. The molecule has 2 aromatic rings. The molecule has 0 saturated heterocycles. The van der Waals surface area contributed by atoms with Crippen molar-refractivity contribution < 1.29 is 14.6 Å². The Kier molecular flexibility index (Phi) is 7.81. The van der Waals surface area contributed by atoms with Crippen molar-refractivity contribution in [2.75, 3.05) is 12.4 Å². The van der Waals surface area contributed by atoms with Crippen LogP contribution in [-0.4, -0.2) is 29.6 Å². The van der Waals surface area contributed by atoms with Crippen LogP contribution < -0.4 is 10.2 Å². The predicted molar refractivity (Wildman–Crippen MR) is 105 cm³/mol. The van der Waals surface area contributed by atoms with Crippen LogP contribution in [0.25, 0.3) is 0 Å². The molecule has 1 amide bonds. The number of nitrogens with zero attached hydrogens (tertiary/aromatic N) is 1. The number of hydrogen-bond acceptors (Lipinski definition) is 5. The SMILES string of the molecule is CCOc1cc(/C=N\NC(=O)CSCc2cccc(Br)c2)ccc1O. The van der Waals surface area contributed by atoms with E-state index in [1.165, 1.54) is 24.0 Å². The van der Waals surface area contributed by atoms with Crippen molar-refractivity contribution in [3.63, 3.8) is 0 Å². The summed E-state index contributed by atoms with van der Waals surface area (Å²) < 4.78 is 6.33. The molecule has 25 heavy (non-hydrogen) atoms. The highest BCUT2D eigenvalue weighted by molar-refractivity contribution is 9.10. The summed E-state index contributed by atoms with van der Waals surface area (Å²) in [7, 11) is 0. The highest BCUT2D eigenvalue weighted by Gasteiger charge is 2.03. The number of phenolic OH excluding ortho intramolecular Hbond substituents is 1. The Bertz CT molecular complexity index is 753. The van der Waals surface area contributed by atoms with E-state index in [1.807, 2.05) is 31.2 Å². The molecule has 0 aliphatic carbocycles. The third-order valence-electron chi connectivity index (χ3n) is 3.08. The fourth-order valence-electron chi connectivity index (χ4n) is 1.98. The van der Waals surface area contributed by atoms with E-state index >= 15 is 0 Å². The lowest BCUT2D eigenvalue weighted by Crippen LogP contribution is -2.19. The van der Waals surface area contributed by atoms with Crippen molar-refractivity contribution in [2.45, 2.75) is 12.7 Å². The zero-order valence-corrected chi connectivity index (χ0v) is 16.1. The quantitative estimate of drug-likeness (QED) is 0.499. The summed E-state index contributed by atoms with van der Waals surface area (Å²) in [6.45, 7) is 2.30. The normalized spacial score (nSPS) is 10.8. The Labute approximate surface area is 159 Å². The summed E-state index contributed by atoms with van der Waals surface area (Å²) in [5, 5.41) is 13.6. The second-order valence-electron chi connectivity index (χ2n) is 5.08. The Morgan fingerprint density at radius 1 is 1.36 bits per heavy atom. The number of carbonyl (C=O) groups is 1. The lowest BCUT2D eigenvalue weighted by Gasteiger charge is -2.06. The molecule has 0 heterocycles. The Morgan fingerprint density at radius 3 is 2.96 bits per heavy atom. The Balaban J connectivity index is 1.77. The first-order valence-electron chi connectivity index (χ1n) is 7.68. The van der Waals surface area contributed by atoms with Crippen molar-refractivity contribution in [2.24, 2.45) is 5.10 Å². The van der Waals surface area contributed by atoms with E-state index in [1.54, 1.807) is 12.1 Å². The molecule has 0 saturated carbocycles. The van der Waals surface area contributed by atoms with Crippen LogP contribution in [-0.2, 0) is 10.5 Å². The van der Waals surface area contributed by atoms with Gasteiger partial charge in [0.2, 0.25) is 5.91 Å². The summed E-state index contributed by atoms with van der Waals surface area (Å²) in [5.74, 6) is 1.38. The smallest absolute Gasteiger partial charge is 0.250 e. The van der Waals surface area contributed by atoms with Gasteiger partial charge in [-0.05, 0) is 48.4 Å². The van der Waals surface area contributed by atoms with Crippen molar-refractivity contribution in [1.82, 2.24) is 5.43 Å². The second kappa shape index (κ2) is 10.1. The summed E-state index contributed by atoms with van der Waals surface area (Å²) >= 11 is 4.95. The van der Waals surface area contributed by atoms with Gasteiger partial charge in [0.05, 0.1) is 18.6 Å². The molecule has 132 valence electrons. The van der Waals surface area contributed by atoms with Crippen LogP contribution in [0.5, 0.6) is 11.5 Å². The standard InChI is InChI=1S/C18H19BrN2O3S/c1-2-24-17-9-13(6-7-16(17)22)10-20-21-18(23)12-25-11-14-4-3-5-15(19)8-14/h3-10,22H,2,11-12H2,1H3,(H,21,23)/b20-10-. The van der Waals surface area contributed by atoms with Crippen molar-refractivity contribution >= 4 is 39.8 Å². The third-order valence-corrected chi connectivity index (χ3v) is 4.57. The van der Waals surface area contributed by atoms with Gasteiger partial charge in [-0.15, -0.1) is 11.8 Å². The van der Waals surface area contributed by atoms with Crippen LogP contribution in [0.3, 0.4) is 0 Å². The molecule has 0 bridgehead atoms. The lowest BCUT2D eigenvalue weighted by atomic mass is 10.2. The predicted octanol–water partition coefficient (Wildman–Crippen LogP) is 3.94. The number of phenols is 1. The highest BCUT2D eigenvalue weighted by atomic mass is 79.9. The van der Waals surface area contributed by atoms with Gasteiger partial charge in [0, 0.05) is 10.2 Å². The van der Waals surface area contributed by atoms with Crippen molar-refractivity contribution in [3.8, 4) is 11.5 Å². The summed E-state index contributed by atoms with van der Waals surface area (Å²) in [4.78, 5) is 11.8. The van der Waals surface area contributed by atoms with Crippen LogP contribution in [0, 0.1) is 0 Å². The van der Waals surface area contributed by atoms with E-state index in [-0.39, 0.29) is 11.7 Å². The minimum atomic E-state index is -0.167. The van der Waals surface area contributed by atoms with E-state index in [4.69, 9.17) is 4.74 Å². The molecule has 0 aliphatic rings. The van der Waals surface area contributed by atoms with Gasteiger partial charge in [0.25, 0.3) is 0 Å². The largest absolute Gasteiger partial charge is 0.504 e. The van der Waals surface area contributed by atoms with Gasteiger partial charge >= 0.3 is 0 Å². The Hall–Kier alpha value is -1.99. The van der Waals surface area contributed by atoms with Crippen LogP contribution in [0.1, 0.15) is 18.1 Å². The number of nitrogens with one attached hydrogen (secondary N) is 1. The fourth-order valence-corrected chi connectivity index (χ4v) is 3.20. The van der Waals surface area contributed by atoms with Gasteiger partial charge in [0.1, 0.15) is 0 Å². The van der Waals surface area contributed by atoms with Gasteiger partial charge in [-0.1, -0.05) is 28.1 Å². The monoisotopic (exact) mass is 422 g/mol. The molecular formula is C18H19BrN2O3S. The number of halogens is 1. The number of benzene rings is 2. The highest BCUT2D eigenvalue weighted by Crippen LogP contribution is 2.26. The molecule has 0 atom stereocenters. The number of hydrogen-bond donors (Lipinski definition) is 2. The third kappa shape index (κ3) is 6.80. The zero-order valence-electron chi connectivity index (χ0n) is 13.7. The summed E-state index contributed by atoms with van der Waals surface area (Å²) in [5.41, 5.74) is 4.37. The minimum absolute atomic E-state index is 0.0759. The first-order chi connectivity index (χ1) is 12.1. The van der Waals surface area contributed by atoms with Crippen molar-refractivity contribution in [3.05, 3.63) is 58.1 Å². The fraction of sp³-hybridized carbons (Fsp3) is 0.222. The number of rotatable bonds is 8. The first kappa shape index (κ1) is 19.3. The maximum absolute atomic E-state index is 11.8. The average molecular weight is 423 g/mol. The van der Waals surface area contributed by atoms with E-state index in [9.17, 15) is 9.90 Å². The molecule has 0 aromatic heterocycles. The van der Waals surface area contributed by atoms with Crippen LogP contribution >= 0.6 is 27.7 Å². The van der Waals surface area contributed by atoms with E-state index in [2.05, 4.69) is 26.5 Å². The van der Waals surface area contributed by atoms with Crippen molar-refractivity contribution in [1.29, 1.82) is 0 Å². The molecule has 0 fully saturated rings. The number of amides is 1. The maximum Gasteiger partial charge on any atom is 0.250 e. The van der Waals surface area contributed by atoms with E-state index < -0.39 is 0 Å². The van der Waals surface area contributed by atoms with Gasteiger partial charge in [-0.2, -0.15) is 5.10 Å². The zero-order chi connectivity index (χ0) is 18.1. The average Bonchev–Trinajstić information content (AvgIpc) is 2.58. The van der Waals surface area contributed by atoms with Crippen LogP contribution in [0.2, 0.25) is 0 Å². The molecule has 7 heteroatoms. The molecular weight excluding hydrogens is 404 g/mol. The summed E-state index contributed by atoms with van der Waals surface area (Å²) in [6, 6.07) is 12.9. The molecule has 2 rings (SSSR count). The van der Waals surface area contributed by atoms with E-state index in [0.29, 0.717) is 18.1 Å². The summed E-state index contributed by atoms with van der Waals surface area (Å²) in [6.07, 6.45) is 1.51. The maximum atomic E-state index is 11.8. The van der Waals surface area contributed by atoms with Gasteiger partial charge in [-0.25, -0.2) is 5.43 Å². The lowest BCUT2D eigenvalue weighted by molar-refractivity contribution is -0.118. The molecule has 0 radical (unpaired) electrons. The van der Waals surface area contributed by atoms with E-state index in [0.717, 1.165) is 21.4 Å². The number of carbonyl (C=O) groups excluding carboxylic acids is 1. The number of ether oxygens (including phenoxy) is 1. The second-order valence-corrected chi connectivity index (χ2v) is 6.98. The molecule has 0 aliphatic heterocycles. The Morgan fingerprint density at radius 2 is 2.20 bits per heavy atom. The molecule has 2 aromatic carbocycles. The minimum Gasteiger partial charge on any atom is -0.504 e. The molecule has 0 unspecified atom stereocenters. The number of aromatic hydroxyl groups is 1. The molecule has 0 spiro atoms. The van der Waals surface area contributed by atoms with Crippen LogP contribution in [0.4, 0.5) is 0 Å². The molecule has 2 N–H and O–H groups in total.